The third-order valence-electron chi connectivity index (χ3n) is 5.84. The van der Waals surface area contributed by atoms with Gasteiger partial charge in [0, 0.05) is 11.8 Å². The highest BCUT2D eigenvalue weighted by molar-refractivity contribution is 5.47. The lowest BCUT2D eigenvalue weighted by atomic mass is 9.63. The van der Waals surface area contributed by atoms with Gasteiger partial charge in [0.1, 0.15) is 0 Å². The number of allylic oxidation sites excluding steroid dienone is 2. The molecule has 0 fully saturated rings. The van der Waals surface area contributed by atoms with E-state index in [1.807, 2.05) is 0 Å². The lowest BCUT2D eigenvalue weighted by Gasteiger charge is -2.46. The molecule has 1 aliphatic heterocycles. The Balaban J connectivity index is 1.95. The zero-order valence-electron chi connectivity index (χ0n) is 12.5. The van der Waals surface area contributed by atoms with E-state index in [0.29, 0.717) is 6.10 Å². The van der Waals surface area contributed by atoms with Crippen LogP contribution in [0.25, 0.3) is 0 Å². The van der Waals surface area contributed by atoms with Gasteiger partial charge in [-0.1, -0.05) is 26.8 Å². The summed E-state index contributed by atoms with van der Waals surface area (Å²) in [6, 6.07) is 0. The number of ether oxygens (including phenoxy) is 1. The van der Waals surface area contributed by atoms with Gasteiger partial charge >= 0.3 is 0 Å². The lowest BCUT2D eigenvalue weighted by molar-refractivity contribution is -0.0559. The molecule has 3 aliphatic rings. The second kappa shape index (κ2) is 4.37. The van der Waals surface area contributed by atoms with E-state index >= 15 is 0 Å². The minimum atomic E-state index is -0.539. The molecule has 0 radical (unpaired) electrons. The summed E-state index contributed by atoms with van der Waals surface area (Å²) in [5.74, 6) is 1.22. The Bertz CT molecular complexity index is 448. The molecule has 0 aromatic carbocycles. The zero-order chi connectivity index (χ0) is 13.7. The summed E-state index contributed by atoms with van der Waals surface area (Å²) < 4.78 is 6.15. The van der Waals surface area contributed by atoms with Crippen molar-refractivity contribution < 1.29 is 9.84 Å². The van der Waals surface area contributed by atoms with E-state index in [9.17, 15) is 5.11 Å². The summed E-state index contributed by atoms with van der Waals surface area (Å²) in [6.45, 7) is 6.56. The third-order valence-corrected chi connectivity index (χ3v) is 5.84. The fourth-order valence-corrected chi connectivity index (χ4v) is 4.25. The molecule has 0 spiro atoms. The normalized spacial score (nSPS) is 41.5. The van der Waals surface area contributed by atoms with Crippen LogP contribution in [0.1, 0.15) is 65.7 Å². The number of hydrogen-bond acceptors (Lipinski definition) is 2. The van der Waals surface area contributed by atoms with Gasteiger partial charge in [-0.05, 0) is 49.7 Å². The summed E-state index contributed by atoms with van der Waals surface area (Å²) in [5.41, 5.74) is 2.22. The first-order valence-electron chi connectivity index (χ1n) is 7.86. The molecule has 0 aromatic heterocycles. The minimum Gasteiger partial charge on any atom is -0.494 e. The molecule has 0 saturated heterocycles. The van der Waals surface area contributed by atoms with Crippen molar-refractivity contribution in [1.82, 2.24) is 0 Å². The highest BCUT2D eigenvalue weighted by Crippen LogP contribution is 2.58. The van der Waals surface area contributed by atoms with Gasteiger partial charge in [-0.25, -0.2) is 0 Å². The van der Waals surface area contributed by atoms with Gasteiger partial charge in [0.2, 0.25) is 0 Å². The highest BCUT2D eigenvalue weighted by atomic mass is 16.5. The Kier molecular flexibility index (Phi) is 3.05. The Hall–Kier alpha value is -0.760. The molecular formula is C17H26O2. The van der Waals surface area contributed by atoms with Crippen LogP contribution in [0, 0.1) is 5.41 Å². The monoisotopic (exact) mass is 262 g/mol. The third kappa shape index (κ3) is 1.72. The van der Waals surface area contributed by atoms with Gasteiger partial charge in [0.25, 0.3) is 0 Å². The van der Waals surface area contributed by atoms with E-state index in [-0.39, 0.29) is 5.41 Å². The fraction of sp³-hybridized carbons (Fsp3) is 0.765. The molecule has 1 N–H and O–H groups in total. The second-order valence-corrected chi connectivity index (χ2v) is 6.63. The van der Waals surface area contributed by atoms with Crippen molar-refractivity contribution in [2.75, 3.05) is 0 Å². The average molecular weight is 262 g/mol. The molecule has 1 heterocycles. The van der Waals surface area contributed by atoms with E-state index < -0.39 is 5.60 Å². The van der Waals surface area contributed by atoms with Crippen LogP contribution >= 0.6 is 0 Å². The molecule has 3 rings (SSSR count). The van der Waals surface area contributed by atoms with Crippen LogP contribution in [-0.4, -0.2) is 16.8 Å². The number of aliphatic hydroxyl groups is 1. The Labute approximate surface area is 116 Å². The molecule has 0 amide bonds. The van der Waals surface area contributed by atoms with Crippen molar-refractivity contribution in [2.24, 2.45) is 5.41 Å². The predicted molar refractivity (Wildman–Crippen MR) is 76.7 cm³/mol. The molecule has 3 atom stereocenters. The Morgan fingerprint density at radius 3 is 2.84 bits per heavy atom. The van der Waals surface area contributed by atoms with Gasteiger partial charge in [0.05, 0.1) is 17.5 Å². The molecule has 2 heteroatoms. The topological polar surface area (TPSA) is 29.5 Å². The number of rotatable bonds is 2. The largest absolute Gasteiger partial charge is 0.494 e. The summed E-state index contributed by atoms with van der Waals surface area (Å²) >= 11 is 0. The van der Waals surface area contributed by atoms with Crippen LogP contribution in [0.2, 0.25) is 0 Å². The van der Waals surface area contributed by atoms with E-state index in [4.69, 9.17) is 4.74 Å². The van der Waals surface area contributed by atoms with E-state index in [1.165, 1.54) is 16.9 Å². The molecule has 0 bridgehead atoms. The maximum atomic E-state index is 10.9. The lowest BCUT2D eigenvalue weighted by Crippen LogP contribution is -2.45. The Morgan fingerprint density at radius 2 is 2.16 bits per heavy atom. The predicted octanol–water partition coefficient (Wildman–Crippen LogP) is 4.10. The van der Waals surface area contributed by atoms with Gasteiger partial charge in [-0.3, -0.25) is 0 Å². The van der Waals surface area contributed by atoms with Crippen molar-refractivity contribution in [2.45, 2.75) is 77.4 Å². The van der Waals surface area contributed by atoms with Crippen LogP contribution in [0.3, 0.4) is 0 Å². The number of hydrogen-bond donors (Lipinski definition) is 1. The SMILES string of the molecule is CCC1CCC2=C(CCC3(C)C2=CCC3(O)CC)O1. The fourth-order valence-electron chi connectivity index (χ4n) is 4.25. The van der Waals surface area contributed by atoms with Gasteiger partial charge in [0.15, 0.2) is 0 Å². The molecule has 3 unspecified atom stereocenters. The molecule has 2 aliphatic carbocycles. The molecule has 0 aromatic rings. The first kappa shape index (κ1) is 13.2. The highest BCUT2D eigenvalue weighted by Gasteiger charge is 2.54. The summed E-state index contributed by atoms with van der Waals surface area (Å²) in [5, 5.41) is 10.9. The van der Waals surface area contributed by atoms with Crippen LogP contribution < -0.4 is 0 Å². The maximum absolute atomic E-state index is 10.9. The van der Waals surface area contributed by atoms with E-state index in [2.05, 4.69) is 26.8 Å². The van der Waals surface area contributed by atoms with Crippen LogP contribution in [0.4, 0.5) is 0 Å². The minimum absolute atomic E-state index is 0.0526. The Morgan fingerprint density at radius 1 is 1.37 bits per heavy atom. The number of fused-ring (bicyclic) bond motifs is 2. The standard InChI is InChI=1S/C17H26O2/c1-4-12-6-7-13-14-8-11-17(18,5-2)16(14,3)10-9-15(13)19-12/h8,12,18H,4-7,9-11H2,1-3H3. The zero-order valence-corrected chi connectivity index (χ0v) is 12.5. The van der Waals surface area contributed by atoms with Crippen molar-refractivity contribution in [3.05, 3.63) is 23.0 Å². The smallest absolute Gasteiger partial charge is 0.0999 e. The molecule has 0 saturated carbocycles. The van der Waals surface area contributed by atoms with Crippen molar-refractivity contribution in [1.29, 1.82) is 0 Å². The summed E-state index contributed by atoms with van der Waals surface area (Å²) in [7, 11) is 0. The van der Waals surface area contributed by atoms with Crippen LogP contribution in [-0.2, 0) is 4.74 Å². The maximum Gasteiger partial charge on any atom is 0.0999 e. The summed E-state index contributed by atoms with van der Waals surface area (Å²) in [6.07, 6.45) is 9.74. The molecular weight excluding hydrogens is 236 g/mol. The van der Waals surface area contributed by atoms with E-state index in [0.717, 1.165) is 44.9 Å². The second-order valence-electron chi connectivity index (χ2n) is 6.63. The van der Waals surface area contributed by atoms with Crippen molar-refractivity contribution in [3.8, 4) is 0 Å². The van der Waals surface area contributed by atoms with Gasteiger partial charge in [-0.15, -0.1) is 0 Å². The first-order chi connectivity index (χ1) is 9.04. The quantitative estimate of drug-likeness (QED) is 0.812. The van der Waals surface area contributed by atoms with Crippen LogP contribution in [0.5, 0.6) is 0 Å². The first-order valence-corrected chi connectivity index (χ1v) is 7.86. The van der Waals surface area contributed by atoms with Gasteiger partial charge < -0.3 is 9.84 Å². The summed E-state index contributed by atoms with van der Waals surface area (Å²) in [4.78, 5) is 0. The van der Waals surface area contributed by atoms with Crippen molar-refractivity contribution >= 4 is 0 Å². The van der Waals surface area contributed by atoms with E-state index in [1.54, 1.807) is 0 Å². The average Bonchev–Trinajstić information content (AvgIpc) is 2.71. The van der Waals surface area contributed by atoms with Crippen molar-refractivity contribution in [3.63, 3.8) is 0 Å². The molecule has 2 nitrogen and oxygen atoms in total. The molecule has 19 heavy (non-hydrogen) atoms. The van der Waals surface area contributed by atoms with Crippen LogP contribution in [0.15, 0.2) is 23.0 Å². The molecule has 106 valence electrons. The van der Waals surface area contributed by atoms with Gasteiger partial charge in [-0.2, -0.15) is 0 Å².